The molecule has 0 fully saturated rings. The Morgan fingerprint density at radius 2 is 1.79 bits per heavy atom. The maximum atomic E-state index is 13.6. The molecule has 0 aromatic heterocycles. The van der Waals surface area contributed by atoms with E-state index in [0.717, 1.165) is 6.07 Å². The van der Waals surface area contributed by atoms with Crippen LogP contribution in [0.25, 0.3) is 0 Å². The Labute approximate surface area is 125 Å². The highest BCUT2D eigenvalue weighted by Gasteiger charge is 2.16. The predicted octanol–water partition coefficient (Wildman–Crippen LogP) is 4.74. The molecule has 0 heterocycles. The molecule has 19 heavy (non-hydrogen) atoms. The lowest BCUT2D eigenvalue weighted by molar-refractivity contribution is 0.102. The Hall–Kier alpha value is -1.27. The number of carbonyl (C=O) groups is 1. The van der Waals surface area contributed by atoms with Gasteiger partial charge < -0.3 is 5.32 Å². The molecule has 98 valence electrons. The third-order valence-corrected chi connectivity index (χ3v) is 3.72. The van der Waals surface area contributed by atoms with Crippen LogP contribution in [0.3, 0.4) is 0 Å². The summed E-state index contributed by atoms with van der Waals surface area (Å²) in [5, 5.41) is 2.45. The van der Waals surface area contributed by atoms with Crippen molar-refractivity contribution in [3.05, 3.63) is 62.5 Å². The van der Waals surface area contributed by atoms with Crippen LogP contribution in [0.2, 0.25) is 0 Å². The smallest absolute Gasteiger partial charge is 0.259 e. The summed E-state index contributed by atoms with van der Waals surface area (Å²) in [5.41, 5.74) is 0.110. The first-order chi connectivity index (χ1) is 8.99. The van der Waals surface area contributed by atoms with Crippen LogP contribution < -0.4 is 5.32 Å². The maximum Gasteiger partial charge on any atom is 0.259 e. The number of nitrogens with one attached hydrogen (secondary N) is 1. The van der Waals surface area contributed by atoms with E-state index < -0.39 is 17.5 Å². The fraction of sp³-hybridized carbons (Fsp3) is 0. The van der Waals surface area contributed by atoms with Gasteiger partial charge in [-0.3, -0.25) is 4.79 Å². The largest absolute Gasteiger partial charge is 0.321 e. The minimum absolute atomic E-state index is 0.126. The van der Waals surface area contributed by atoms with Crippen LogP contribution in [-0.4, -0.2) is 5.91 Å². The third-order valence-electron chi connectivity index (χ3n) is 2.37. The molecule has 2 aromatic carbocycles. The highest BCUT2D eigenvalue weighted by Crippen LogP contribution is 2.26. The molecule has 0 aliphatic rings. The highest BCUT2D eigenvalue weighted by molar-refractivity contribution is 9.11. The zero-order valence-electron chi connectivity index (χ0n) is 9.38. The monoisotopic (exact) mass is 389 g/mol. The number of benzene rings is 2. The van der Waals surface area contributed by atoms with Gasteiger partial charge in [0, 0.05) is 8.95 Å². The highest BCUT2D eigenvalue weighted by atomic mass is 79.9. The van der Waals surface area contributed by atoms with Gasteiger partial charge in [-0.1, -0.05) is 6.07 Å². The second-order valence-corrected chi connectivity index (χ2v) is 5.38. The standard InChI is InChI=1S/C13H7Br2F2NO/c14-8-5-4-7(16)6-11(8)18-13(19)12-9(15)2-1-3-10(12)17/h1-6H,(H,18,19). The number of rotatable bonds is 2. The second-order valence-electron chi connectivity index (χ2n) is 3.67. The number of amides is 1. The Bertz CT molecular complexity index is 626. The van der Waals surface area contributed by atoms with Crippen molar-refractivity contribution >= 4 is 43.5 Å². The maximum absolute atomic E-state index is 13.6. The van der Waals surface area contributed by atoms with Gasteiger partial charge in [0.05, 0.1) is 11.3 Å². The van der Waals surface area contributed by atoms with Crippen LogP contribution in [0.4, 0.5) is 14.5 Å². The first kappa shape index (κ1) is 14.1. The van der Waals surface area contributed by atoms with E-state index in [2.05, 4.69) is 37.2 Å². The van der Waals surface area contributed by atoms with Gasteiger partial charge in [0.2, 0.25) is 0 Å². The first-order valence-electron chi connectivity index (χ1n) is 5.19. The van der Waals surface area contributed by atoms with Crippen LogP contribution >= 0.6 is 31.9 Å². The van der Waals surface area contributed by atoms with Gasteiger partial charge in [0.1, 0.15) is 11.6 Å². The van der Waals surface area contributed by atoms with Gasteiger partial charge in [-0.15, -0.1) is 0 Å². The topological polar surface area (TPSA) is 29.1 Å². The molecule has 2 aromatic rings. The summed E-state index contributed by atoms with van der Waals surface area (Å²) in [4.78, 5) is 12.0. The van der Waals surface area contributed by atoms with Crippen molar-refractivity contribution in [2.24, 2.45) is 0 Å². The quantitative estimate of drug-likeness (QED) is 0.788. The average Bonchev–Trinajstić information content (AvgIpc) is 2.33. The summed E-state index contributed by atoms with van der Waals surface area (Å²) in [5.74, 6) is -1.80. The molecule has 2 nitrogen and oxygen atoms in total. The molecule has 0 unspecified atom stereocenters. The normalized spacial score (nSPS) is 10.3. The molecule has 0 saturated heterocycles. The van der Waals surface area contributed by atoms with E-state index in [4.69, 9.17) is 0 Å². The number of hydrogen-bond donors (Lipinski definition) is 1. The summed E-state index contributed by atoms with van der Waals surface area (Å²) >= 11 is 6.29. The van der Waals surface area contributed by atoms with E-state index in [-0.39, 0.29) is 11.3 Å². The number of halogens is 4. The number of hydrogen-bond acceptors (Lipinski definition) is 1. The number of carbonyl (C=O) groups excluding carboxylic acids is 1. The van der Waals surface area contributed by atoms with E-state index in [1.807, 2.05) is 0 Å². The zero-order valence-corrected chi connectivity index (χ0v) is 12.6. The molecule has 0 aliphatic heterocycles. The van der Waals surface area contributed by atoms with E-state index in [9.17, 15) is 13.6 Å². The van der Waals surface area contributed by atoms with Crippen LogP contribution in [0, 0.1) is 11.6 Å². The molecule has 0 bridgehead atoms. The summed E-state index contributed by atoms with van der Waals surface area (Å²) < 4.78 is 27.5. The van der Waals surface area contributed by atoms with Gasteiger partial charge in [0.25, 0.3) is 5.91 Å². The first-order valence-corrected chi connectivity index (χ1v) is 6.78. The van der Waals surface area contributed by atoms with E-state index in [1.165, 1.54) is 24.3 Å². The van der Waals surface area contributed by atoms with Crippen molar-refractivity contribution in [1.82, 2.24) is 0 Å². The SMILES string of the molecule is O=C(Nc1cc(F)ccc1Br)c1c(F)cccc1Br. The van der Waals surface area contributed by atoms with Crippen molar-refractivity contribution in [3.8, 4) is 0 Å². The second kappa shape index (κ2) is 5.79. The molecule has 6 heteroatoms. The predicted molar refractivity (Wildman–Crippen MR) is 76.2 cm³/mol. The zero-order chi connectivity index (χ0) is 14.0. The lowest BCUT2D eigenvalue weighted by Crippen LogP contribution is -2.15. The van der Waals surface area contributed by atoms with Crippen molar-refractivity contribution in [3.63, 3.8) is 0 Å². The molecular weight excluding hydrogens is 384 g/mol. The van der Waals surface area contributed by atoms with Gasteiger partial charge in [-0.05, 0) is 62.2 Å². The summed E-state index contributed by atoms with van der Waals surface area (Å²) in [6, 6.07) is 8.07. The molecule has 0 saturated carbocycles. The molecule has 1 amide bonds. The summed E-state index contributed by atoms with van der Waals surface area (Å²) in [7, 11) is 0. The van der Waals surface area contributed by atoms with Crippen molar-refractivity contribution in [2.45, 2.75) is 0 Å². The summed E-state index contributed by atoms with van der Waals surface area (Å²) in [6.45, 7) is 0. The van der Waals surface area contributed by atoms with Gasteiger partial charge in [0.15, 0.2) is 0 Å². The van der Waals surface area contributed by atoms with Crippen molar-refractivity contribution in [2.75, 3.05) is 5.32 Å². The lowest BCUT2D eigenvalue weighted by atomic mass is 10.2. The van der Waals surface area contributed by atoms with Crippen LogP contribution in [-0.2, 0) is 0 Å². The van der Waals surface area contributed by atoms with Gasteiger partial charge in [-0.2, -0.15) is 0 Å². The molecule has 0 atom stereocenters. The van der Waals surface area contributed by atoms with E-state index >= 15 is 0 Å². The minimum Gasteiger partial charge on any atom is -0.321 e. The Balaban J connectivity index is 2.34. The molecule has 0 radical (unpaired) electrons. The Morgan fingerprint density at radius 3 is 2.47 bits per heavy atom. The molecule has 0 aliphatic carbocycles. The van der Waals surface area contributed by atoms with Crippen LogP contribution in [0.5, 0.6) is 0 Å². The van der Waals surface area contributed by atoms with Crippen molar-refractivity contribution < 1.29 is 13.6 Å². The molecule has 0 spiro atoms. The van der Waals surface area contributed by atoms with Crippen molar-refractivity contribution in [1.29, 1.82) is 0 Å². The third kappa shape index (κ3) is 3.19. The van der Waals surface area contributed by atoms with E-state index in [1.54, 1.807) is 6.07 Å². The summed E-state index contributed by atoms with van der Waals surface area (Å²) in [6.07, 6.45) is 0. The minimum atomic E-state index is -0.656. The molecular formula is C13H7Br2F2NO. The van der Waals surface area contributed by atoms with Gasteiger partial charge in [-0.25, -0.2) is 8.78 Å². The van der Waals surface area contributed by atoms with Crippen LogP contribution in [0.15, 0.2) is 45.3 Å². The molecule has 2 rings (SSSR count). The van der Waals surface area contributed by atoms with E-state index in [0.29, 0.717) is 8.95 Å². The average molecular weight is 391 g/mol. The fourth-order valence-corrected chi connectivity index (χ4v) is 2.36. The Kier molecular flexibility index (Phi) is 4.31. The van der Waals surface area contributed by atoms with Gasteiger partial charge >= 0.3 is 0 Å². The Morgan fingerprint density at radius 1 is 1.05 bits per heavy atom. The molecule has 1 N–H and O–H groups in total. The number of anilines is 1. The lowest BCUT2D eigenvalue weighted by Gasteiger charge is -2.09. The fourth-order valence-electron chi connectivity index (χ4n) is 1.49. The van der Waals surface area contributed by atoms with Crippen LogP contribution in [0.1, 0.15) is 10.4 Å².